The van der Waals surface area contributed by atoms with E-state index in [-0.39, 0.29) is 16.7 Å². The molecule has 1 heterocycles. The van der Waals surface area contributed by atoms with E-state index in [1.54, 1.807) is 11.8 Å². The van der Waals surface area contributed by atoms with Crippen LogP contribution in [0.5, 0.6) is 0 Å². The number of amides is 1. The van der Waals surface area contributed by atoms with Crippen LogP contribution in [0.15, 0.2) is 34.5 Å². The smallest absolute Gasteiger partial charge is 0.236 e. The first-order chi connectivity index (χ1) is 11.1. The highest BCUT2D eigenvalue weighted by Crippen LogP contribution is 2.27. The minimum Gasteiger partial charge on any atom is -0.301 e. The average molecular weight is 363 g/mol. The Morgan fingerprint density at radius 3 is 2.21 bits per heavy atom. The van der Waals surface area contributed by atoms with E-state index in [0.717, 1.165) is 10.6 Å². The van der Waals surface area contributed by atoms with Gasteiger partial charge in [0.25, 0.3) is 0 Å². The molecule has 0 saturated heterocycles. The summed E-state index contributed by atoms with van der Waals surface area (Å²) in [6.45, 7) is 12.9. The van der Waals surface area contributed by atoms with Gasteiger partial charge < -0.3 is 5.32 Å². The van der Waals surface area contributed by atoms with Gasteiger partial charge in [-0.15, -0.1) is 23.1 Å². The maximum Gasteiger partial charge on any atom is 0.236 e. The minimum absolute atomic E-state index is 0.00300. The number of nitrogens with zero attached hydrogens (tertiary/aromatic N) is 1. The normalized spacial score (nSPS) is 12.2. The maximum atomic E-state index is 12.1. The Balaban J connectivity index is 1.88. The Hall–Kier alpha value is -1.33. The van der Waals surface area contributed by atoms with Crippen LogP contribution in [-0.2, 0) is 15.6 Å². The van der Waals surface area contributed by atoms with Gasteiger partial charge in [-0.05, 0) is 23.1 Å². The Morgan fingerprint density at radius 1 is 1.08 bits per heavy atom. The minimum atomic E-state index is -0.0188. The lowest BCUT2D eigenvalue weighted by molar-refractivity contribution is -0.113. The molecular formula is C19H26N2OS2. The average Bonchev–Trinajstić information content (AvgIpc) is 2.93. The fourth-order valence-corrected chi connectivity index (χ4v) is 3.68. The number of anilines is 1. The zero-order chi connectivity index (χ0) is 18.0. The van der Waals surface area contributed by atoms with Crippen molar-refractivity contribution in [2.24, 2.45) is 0 Å². The number of thiazole rings is 1. The third-order valence-electron chi connectivity index (χ3n) is 3.61. The van der Waals surface area contributed by atoms with Gasteiger partial charge in [0, 0.05) is 15.7 Å². The van der Waals surface area contributed by atoms with Gasteiger partial charge in [0.1, 0.15) is 0 Å². The lowest BCUT2D eigenvalue weighted by Gasteiger charge is -2.19. The summed E-state index contributed by atoms with van der Waals surface area (Å²) in [7, 11) is 0. The van der Waals surface area contributed by atoms with Gasteiger partial charge in [-0.1, -0.05) is 53.7 Å². The first kappa shape index (κ1) is 19.0. The van der Waals surface area contributed by atoms with E-state index in [2.05, 4.69) is 76.1 Å². The van der Waals surface area contributed by atoms with Crippen molar-refractivity contribution in [1.29, 1.82) is 0 Å². The van der Waals surface area contributed by atoms with Crippen LogP contribution < -0.4 is 5.32 Å². The lowest BCUT2D eigenvalue weighted by Crippen LogP contribution is -2.15. The van der Waals surface area contributed by atoms with Crippen LogP contribution in [0.25, 0.3) is 0 Å². The molecule has 0 radical (unpaired) electrons. The second-order valence-electron chi connectivity index (χ2n) is 7.90. The van der Waals surface area contributed by atoms with Crippen LogP contribution in [0.4, 0.5) is 5.13 Å². The molecule has 0 aliphatic rings. The molecule has 0 fully saturated rings. The first-order valence-corrected chi connectivity index (χ1v) is 9.91. The predicted molar refractivity (Wildman–Crippen MR) is 105 cm³/mol. The van der Waals surface area contributed by atoms with Crippen molar-refractivity contribution in [2.75, 3.05) is 11.1 Å². The molecule has 0 unspecified atom stereocenters. The molecule has 0 aliphatic heterocycles. The second kappa shape index (κ2) is 7.28. The van der Waals surface area contributed by atoms with Gasteiger partial charge in [0.15, 0.2) is 5.13 Å². The van der Waals surface area contributed by atoms with Crippen LogP contribution in [0.2, 0.25) is 0 Å². The Labute approximate surface area is 153 Å². The number of hydrogen-bond acceptors (Lipinski definition) is 4. The summed E-state index contributed by atoms with van der Waals surface area (Å²) in [6, 6.07) is 8.44. The van der Waals surface area contributed by atoms with E-state index in [1.807, 2.05) is 5.38 Å². The van der Waals surface area contributed by atoms with Gasteiger partial charge in [-0.2, -0.15) is 0 Å². The van der Waals surface area contributed by atoms with Crippen LogP contribution in [-0.4, -0.2) is 16.6 Å². The van der Waals surface area contributed by atoms with Crippen LogP contribution in [0.3, 0.4) is 0 Å². The molecular weight excluding hydrogens is 336 g/mol. The first-order valence-electron chi connectivity index (χ1n) is 8.05. The molecule has 130 valence electrons. The van der Waals surface area contributed by atoms with E-state index in [9.17, 15) is 4.79 Å². The molecule has 2 rings (SSSR count). The predicted octanol–water partition coefficient (Wildman–Crippen LogP) is 5.47. The fraction of sp³-hybridized carbons (Fsp3) is 0.474. The van der Waals surface area contributed by atoms with Crippen molar-refractivity contribution < 1.29 is 4.79 Å². The van der Waals surface area contributed by atoms with Crippen molar-refractivity contribution in [2.45, 2.75) is 57.3 Å². The monoisotopic (exact) mass is 362 g/mol. The molecule has 1 aromatic carbocycles. The number of benzene rings is 1. The van der Waals surface area contributed by atoms with Gasteiger partial charge >= 0.3 is 0 Å². The molecule has 0 atom stereocenters. The number of carbonyl (C=O) groups excluding carboxylic acids is 1. The molecule has 0 saturated carbocycles. The molecule has 1 N–H and O–H groups in total. The van der Waals surface area contributed by atoms with Crippen molar-refractivity contribution >= 4 is 34.1 Å². The standard InChI is InChI=1S/C19H26N2OS2/c1-18(2,3)13-7-9-14(10-8-13)23-12-16(22)21-17-20-15(11-24-17)19(4,5)6/h7-11H,12H2,1-6H3,(H,20,21,22). The summed E-state index contributed by atoms with van der Waals surface area (Å²) in [5.41, 5.74) is 2.46. The van der Waals surface area contributed by atoms with Crippen molar-refractivity contribution in [3.05, 3.63) is 40.9 Å². The van der Waals surface area contributed by atoms with Crippen molar-refractivity contribution in [1.82, 2.24) is 4.98 Å². The summed E-state index contributed by atoms with van der Waals surface area (Å²) in [4.78, 5) is 17.7. The molecule has 0 bridgehead atoms. The number of nitrogens with one attached hydrogen (secondary N) is 1. The fourth-order valence-electron chi connectivity index (χ4n) is 2.03. The topological polar surface area (TPSA) is 42.0 Å². The SMILES string of the molecule is CC(C)(C)c1ccc(SCC(=O)Nc2nc(C(C)(C)C)cs2)cc1. The number of rotatable bonds is 4. The summed E-state index contributed by atoms with van der Waals surface area (Å²) in [5.74, 6) is 0.369. The lowest BCUT2D eigenvalue weighted by atomic mass is 9.87. The molecule has 0 aliphatic carbocycles. The van der Waals surface area contributed by atoms with Crippen LogP contribution in [0, 0.1) is 0 Å². The summed E-state index contributed by atoms with van der Waals surface area (Å²) < 4.78 is 0. The highest BCUT2D eigenvalue weighted by Gasteiger charge is 2.18. The third-order valence-corrected chi connectivity index (χ3v) is 5.38. The van der Waals surface area contributed by atoms with Gasteiger partial charge in [-0.25, -0.2) is 4.98 Å². The van der Waals surface area contributed by atoms with Gasteiger partial charge in [0.2, 0.25) is 5.91 Å². The van der Waals surface area contributed by atoms with Gasteiger partial charge in [-0.3, -0.25) is 4.79 Å². The van der Waals surface area contributed by atoms with Gasteiger partial charge in [0.05, 0.1) is 11.4 Å². The molecule has 24 heavy (non-hydrogen) atoms. The van der Waals surface area contributed by atoms with E-state index in [0.29, 0.717) is 10.9 Å². The maximum absolute atomic E-state index is 12.1. The Bertz CT molecular complexity index is 691. The molecule has 1 amide bonds. The summed E-state index contributed by atoms with van der Waals surface area (Å²) >= 11 is 3.02. The third kappa shape index (κ3) is 5.35. The van der Waals surface area contributed by atoms with E-state index < -0.39 is 0 Å². The number of hydrogen-bond donors (Lipinski definition) is 1. The molecule has 2 aromatic rings. The van der Waals surface area contributed by atoms with Crippen molar-refractivity contribution in [3.63, 3.8) is 0 Å². The molecule has 3 nitrogen and oxygen atoms in total. The van der Waals surface area contributed by atoms with E-state index in [4.69, 9.17) is 0 Å². The van der Waals surface area contributed by atoms with Crippen LogP contribution in [0.1, 0.15) is 52.8 Å². The Kier molecular flexibility index (Phi) is 5.76. The quantitative estimate of drug-likeness (QED) is 0.733. The van der Waals surface area contributed by atoms with E-state index >= 15 is 0 Å². The molecule has 5 heteroatoms. The highest BCUT2D eigenvalue weighted by atomic mass is 32.2. The molecule has 1 aromatic heterocycles. The second-order valence-corrected chi connectivity index (χ2v) is 9.81. The van der Waals surface area contributed by atoms with Crippen molar-refractivity contribution in [3.8, 4) is 0 Å². The van der Waals surface area contributed by atoms with Crippen LogP contribution >= 0.6 is 23.1 Å². The highest BCUT2D eigenvalue weighted by molar-refractivity contribution is 8.00. The largest absolute Gasteiger partial charge is 0.301 e. The Morgan fingerprint density at radius 2 is 1.71 bits per heavy atom. The zero-order valence-corrected chi connectivity index (χ0v) is 16.9. The summed E-state index contributed by atoms with van der Waals surface area (Å²) in [6.07, 6.45) is 0. The zero-order valence-electron chi connectivity index (χ0n) is 15.3. The summed E-state index contributed by atoms with van der Waals surface area (Å²) in [5, 5.41) is 5.57. The number of thioether (sulfide) groups is 1. The van der Waals surface area contributed by atoms with E-state index in [1.165, 1.54) is 16.9 Å². The number of aromatic nitrogens is 1. The number of carbonyl (C=O) groups is 1. The molecule has 0 spiro atoms.